The molecular formula is C20H22F3N3O2. The highest BCUT2D eigenvalue weighted by Crippen LogP contribution is 2.38. The standard InChI is InChI=1S/C20H22F3N3O2/c1-12-17(16(20(21,22)23)10-11-26(12)28)13-6-8-15(9-7-13)25-19(27)18(24)14-4-2-3-5-14/h6-11,14,18H,2-5,24H2,1H3,(H,25,27)/t18-/m0/s1. The molecule has 1 aromatic heterocycles. The van der Waals surface area contributed by atoms with Gasteiger partial charge in [0.2, 0.25) is 5.91 Å². The van der Waals surface area contributed by atoms with E-state index in [4.69, 9.17) is 5.73 Å². The number of benzene rings is 1. The average molecular weight is 393 g/mol. The number of amides is 1. The second-order valence-corrected chi connectivity index (χ2v) is 7.15. The van der Waals surface area contributed by atoms with Crippen LogP contribution in [-0.2, 0) is 11.0 Å². The lowest BCUT2D eigenvalue weighted by Gasteiger charge is -2.18. The molecule has 3 rings (SSSR count). The molecule has 0 aliphatic heterocycles. The van der Waals surface area contributed by atoms with Crippen molar-refractivity contribution >= 4 is 11.6 Å². The van der Waals surface area contributed by atoms with Gasteiger partial charge >= 0.3 is 6.18 Å². The number of hydrogen-bond donors (Lipinski definition) is 2. The Balaban J connectivity index is 1.83. The molecule has 0 spiro atoms. The van der Waals surface area contributed by atoms with Gasteiger partial charge in [0.05, 0.1) is 17.2 Å². The molecule has 5 nitrogen and oxygen atoms in total. The van der Waals surface area contributed by atoms with Crippen molar-refractivity contribution in [2.45, 2.75) is 44.8 Å². The Bertz CT molecular complexity index is 860. The van der Waals surface area contributed by atoms with Gasteiger partial charge in [-0.3, -0.25) is 4.79 Å². The van der Waals surface area contributed by atoms with Crippen LogP contribution in [0, 0.1) is 18.0 Å². The normalized spacial score (nSPS) is 16.2. The molecule has 0 radical (unpaired) electrons. The quantitative estimate of drug-likeness (QED) is 0.613. The zero-order chi connectivity index (χ0) is 20.5. The summed E-state index contributed by atoms with van der Waals surface area (Å²) in [7, 11) is 0. The van der Waals surface area contributed by atoms with E-state index in [1.807, 2.05) is 0 Å². The molecule has 1 atom stereocenters. The van der Waals surface area contributed by atoms with E-state index in [1.54, 1.807) is 0 Å². The van der Waals surface area contributed by atoms with Gasteiger partial charge in [0.25, 0.3) is 0 Å². The van der Waals surface area contributed by atoms with Gasteiger partial charge in [0.1, 0.15) is 0 Å². The van der Waals surface area contributed by atoms with E-state index in [0.29, 0.717) is 10.4 Å². The number of nitrogens with zero attached hydrogens (tertiary/aromatic N) is 1. The van der Waals surface area contributed by atoms with E-state index < -0.39 is 17.8 Å². The number of carbonyl (C=O) groups excluding carboxylic acids is 1. The number of aromatic nitrogens is 1. The van der Waals surface area contributed by atoms with Crippen molar-refractivity contribution in [1.82, 2.24) is 0 Å². The lowest BCUT2D eigenvalue weighted by molar-refractivity contribution is -0.611. The molecular weight excluding hydrogens is 371 g/mol. The third-order valence-corrected chi connectivity index (χ3v) is 5.30. The summed E-state index contributed by atoms with van der Waals surface area (Å²) in [5.74, 6) is -0.142. The highest BCUT2D eigenvalue weighted by Gasteiger charge is 2.36. The third kappa shape index (κ3) is 4.11. The van der Waals surface area contributed by atoms with Crippen LogP contribution in [0.15, 0.2) is 36.5 Å². The SMILES string of the molecule is Cc1c(-c2ccc(NC(=O)[C@@H](N)C3CCCC3)cc2)c(C(F)(F)F)cc[n+]1[O-]. The number of nitrogens with one attached hydrogen (secondary N) is 1. The van der Waals surface area contributed by atoms with E-state index >= 15 is 0 Å². The van der Waals surface area contributed by atoms with Gasteiger partial charge in [-0.1, -0.05) is 25.0 Å². The molecule has 1 amide bonds. The first-order valence-electron chi connectivity index (χ1n) is 9.15. The van der Waals surface area contributed by atoms with Crippen LogP contribution < -0.4 is 15.8 Å². The van der Waals surface area contributed by atoms with Gasteiger partial charge in [-0.25, -0.2) is 0 Å². The molecule has 28 heavy (non-hydrogen) atoms. The molecule has 3 N–H and O–H groups in total. The maximum atomic E-state index is 13.4. The molecule has 1 saturated carbocycles. The number of halogens is 3. The maximum Gasteiger partial charge on any atom is 0.417 e. The largest absolute Gasteiger partial charge is 0.618 e. The third-order valence-electron chi connectivity index (χ3n) is 5.30. The fourth-order valence-corrected chi connectivity index (χ4v) is 3.72. The number of carbonyl (C=O) groups is 1. The summed E-state index contributed by atoms with van der Waals surface area (Å²) in [5, 5.41) is 14.5. The maximum absolute atomic E-state index is 13.4. The Labute approximate surface area is 160 Å². The summed E-state index contributed by atoms with van der Waals surface area (Å²) in [6, 6.07) is 6.09. The average Bonchev–Trinajstić information content (AvgIpc) is 3.17. The number of nitrogens with two attached hydrogens (primary N) is 1. The fraction of sp³-hybridized carbons (Fsp3) is 0.400. The molecule has 1 aliphatic rings. The monoisotopic (exact) mass is 393 g/mol. The zero-order valence-corrected chi connectivity index (χ0v) is 15.4. The number of rotatable bonds is 4. The van der Waals surface area contributed by atoms with Gasteiger partial charge in [-0.05, 0) is 36.5 Å². The number of anilines is 1. The topological polar surface area (TPSA) is 82.1 Å². The van der Waals surface area contributed by atoms with E-state index in [9.17, 15) is 23.2 Å². The Morgan fingerprint density at radius 2 is 1.82 bits per heavy atom. The minimum Gasteiger partial charge on any atom is -0.618 e. The molecule has 0 unspecified atom stereocenters. The summed E-state index contributed by atoms with van der Waals surface area (Å²) in [6.45, 7) is 1.34. The smallest absolute Gasteiger partial charge is 0.417 e. The van der Waals surface area contributed by atoms with Crippen molar-refractivity contribution in [3.8, 4) is 11.1 Å². The van der Waals surface area contributed by atoms with Crippen LogP contribution in [0.2, 0.25) is 0 Å². The first-order valence-corrected chi connectivity index (χ1v) is 9.15. The zero-order valence-electron chi connectivity index (χ0n) is 15.4. The molecule has 2 aromatic rings. The minimum atomic E-state index is -4.59. The second-order valence-electron chi connectivity index (χ2n) is 7.15. The van der Waals surface area contributed by atoms with Crippen LogP contribution in [0.3, 0.4) is 0 Å². The Morgan fingerprint density at radius 3 is 2.39 bits per heavy atom. The highest BCUT2D eigenvalue weighted by atomic mass is 19.4. The van der Waals surface area contributed by atoms with Crippen LogP contribution in [0.4, 0.5) is 18.9 Å². The van der Waals surface area contributed by atoms with Crippen LogP contribution in [0.25, 0.3) is 11.1 Å². The Morgan fingerprint density at radius 1 is 1.21 bits per heavy atom. The fourth-order valence-electron chi connectivity index (χ4n) is 3.72. The molecule has 0 bridgehead atoms. The first-order chi connectivity index (χ1) is 13.2. The minimum absolute atomic E-state index is 0.0464. The van der Waals surface area contributed by atoms with Crippen LogP contribution in [0.1, 0.15) is 36.9 Å². The summed E-state index contributed by atoms with van der Waals surface area (Å²) < 4.78 is 40.5. The van der Waals surface area contributed by atoms with E-state index in [1.165, 1.54) is 31.2 Å². The van der Waals surface area contributed by atoms with Crippen LogP contribution in [0.5, 0.6) is 0 Å². The summed E-state index contributed by atoms with van der Waals surface area (Å²) in [4.78, 5) is 12.3. The van der Waals surface area contributed by atoms with Crippen LogP contribution >= 0.6 is 0 Å². The van der Waals surface area contributed by atoms with Crippen molar-refractivity contribution in [3.05, 3.63) is 53.0 Å². The molecule has 1 fully saturated rings. The van der Waals surface area contributed by atoms with Crippen molar-refractivity contribution in [2.24, 2.45) is 11.7 Å². The molecule has 0 saturated heterocycles. The summed E-state index contributed by atoms with van der Waals surface area (Å²) in [6.07, 6.45) is 0.248. The van der Waals surface area contributed by atoms with Crippen molar-refractivity contribution in [1.29, 1.82) is 0 Å². The Hall–Kier alpha value is -2.61. The number of pyridine rings is 1. The molecule has 1 aromatic carbocycles. The number of alkyl halides is 3. The van der Waals surface area contributed by atoms with Gasteiger partial charge in [-0.15, -0.1) is 0 Å². The molecule has 150 valence electrons. The summed E-state index contributed by atoms with van der Waals surface area (Å²) in [5.41, 5.74) is 5.61. The van der Waals surface area contributed by atoms with Gasteiger partial charge < -0.3 is 16.3 Å². The first kappa shape index (κ1) is 20.1. The predicted molar refractivity (Wildman–Crippen MR) is 99.1 cm³/mol. The predicted octanol–water partition coefficient (Wildman–Crippen LogP) is 3.77. The lowest BCUT2D eigenvalue weighted by atomic mass is 9.97. The number of hydrogen-bond acceptors (Lipinski definition) is 3. The van der Waals surface area contributed by atoms with E-state index in [2.05, 4.69) is 5.32 Å². The van der Waals surface area contributed by atoms with Gasteiger partial charge in [0, 0.05) is 18.7 Å². The molecule has 8 heteroatoms. The van der Waals surface area contributed by atoms with Crippen LogP contribution in [-0.4, -0.2) is 11.9 Å². The van der Waals surface area contributed by atoms with E-state index in [-0.39, 0.29) is 28.6 Å². The van der Waals surface area contributed by atoms with Gasteiger partial charge in [0.15, 0.2) is 11.9 Å². The lowest BCUT2D eigenvalue weighted by Crippen LogP contribution is -2.40. The van der Waals surface area contributed by atoms with Crippen molar-refractivity contribution in [3.63, 3.8) is 0 Å². The summed E-state index contributed by atoms with van der Waals surface area (Å²) >= 11 is 0. The van der Waals surface area contributed by atoms with E-state index in [0.717, 1.165) is 37.9 Å². The highest BCUT2D eigenvalue weighted by molar-refractivity contribution is 5.95. The Kier molecular flexibility index (Phi) is 5.60. The van der Waals surface area contributed by atoms with Gasteiger partial charge in [-0.2, -0.15) is 17.9 Å². The second kappa shape index (κ2) is 7.79. The van der Waals surface area contributed by atoms with Crippen molar-refractivity contribution in [2.75, 3.05) is 5.32 Å². The molecule has 1 aliphatic carbocycles. The van der Waals surface area contributed by atoms with Crippen molar-refractivity contribution < 1.29 is 22.7 Å². The molecule has 1 heterocycles.